The molecule has 4 heteroatoms. The molecule has 0 aromatic carbocycles. The molecule has 0 aromatic rings. The van der Waals surface area contributed by atoms with Gasteiger partial charge in [0, 0.05) is 24.9 Å². The Morgan fingerprint density at radius 1 is 1.30 bits per heavy atom. The quantitative estimate of drug-likeness (QED) is 0.368. The van der Waals surface area contributed by atoms with Crippen LogP contribution in [0.25, 0.3) is 0 Å². The maximum Gasteiger partial charge on any atom is 0.118 e. The molecule has 0 saturated carbocycles. The number of hydrogen-bond donors (Lipinski definition) is 2. The molecule has 4 N–H and O–H groups in total. The third-order valence-electron chi connectivity index (χ3n) is 3.29. The Morgan fingerprint density at radius 2 is 2.00 bits per heavy atom. The summed E-state index contributed by atoms with van der Waals surface area (Å²) < 4.78 is 5.15. The minimum atomic E-state index is -0.0856. The van der Waals surface area contributed by atoms with Crippen molar-refractivity contribution in [2.24, 2.45) is 17.4 Å². The van der Waals surface area contributed by atoms with Crippen LogP contribution in [0.3, 0.4) is 0 Å². The summed E-state index contributed by atoms with van der Waals surface area (Å²) in [6, 6.07) is 0. The lowest BCUT2D eigenvalue weighted by molar-refractivity contribution is 0.307. The second kappa shape index (κ2) is 12.4. The van der Waals surface area contributed by atoms with Crippen molar-refractivity contribution >= 4 is 0 Å². The first kappa shape index (κ1) is 20.8. The summed E-state index contributed by atoms with van der Waals surface area (Å²) in [4.78, 5) is 1.89. The molecule has 0 aromatic heterocycles. The fraction of sp³-hybridized carbons (Fsp3) is 0.368. The van der Waals surface area contributed by atoms with Gasteiger partial charge < -0.3 is 21.1 Å². The van der Waals surface area contributed by atoms with Gasteiger partial charge >= 0.3 is 0 Å². The largest absolute Gasteiger partial charge is 0.497 e. The Kier molecular flexibility index (Phi) is 11.2. The van der Waals surface area contributed by atoms with E-state index in [4.69, 9.17) is 16.2 Å². The molecule has 0 saturated heterocycles. The zero-order valence-electron chi connectivity index (χ0n) is 14.8. The first-order valence-electron chi connectivity index (χ1n) is 7.73. The van der Waals surface area contributed by atoms with E-state index >= 15 is 0 Å². The summed E-state index contributed by atoms with van der Waals surface area (Å²) in [5.74, 6) is 0.789. The van der Waals surface area contributed by atoms with Crippen molar-refractivity contribution in [1.82, 2.24) is 4.90 Å². The molecule has 0 amide bonds. The lowest BCUT2D eigenvalue weighted by Crippen LogP contribution is -2.33. The lowest BCUT2D eigenvalue weighted by atomic mass is 10.0. The third kappa shape index (κ3) is 9.42. The van der Waals surface area contributed by atoms with Crippen molar-refractivity contribution in [3.8, 4) is 0 Å². The predicted molar refractivity (Wildman–Crippen MR) is 100 cm³/mol. The van der Waals surface area contributed by atoms with Crippen molar-refractivity contribution in [1.29, 1.82) is 0 Å². The van der Waals surface area contributed by atoms with Gasteiger partial charge in [0.2, 0.25) is 0 Å². The average molecular weight is 317 g/mol. The van der Waals surface area contributed by atoms with E-state index in [2.05, 4.69) is 12.7 Å². The van der Waals surface area contributed by atoms with Crippen molar-refractivity contribution in [3.63, 3.8) is 0 Å². The summed E-state index contributed by atoms with van der Waals surface area (Å²) in [5.41, 5.74) is 12.9. The predicted octanol–water partition coefficient (Wildman–Crippen LogP) is 3.43. The van der Waals surface area contributed by atoms with Gasteiger partial charge in [0.25, 0.3) is 0 Å². The second-order valence-electron chi connectivity index (χ2n) is 5.19. The van der Waals surface area contributed by atoms with Crippen LogP contribution in [0.4, 0.5) is 0 Å². The van der Waals surface area contributed by atoms with E-state index < -0.39 is 0 Å². The number of allylic oxidation sites excluding steroid dienone is 8. The normalized spacial score (nSPS) is 16.2. The van der Waals surface area contributed by atoms with Crippen molar-refractivity contribution in [2.45, 2.75) is 26.4 Å². The average Bonchev–Trinajstić information content (AvgIpc) is 2.53. The fourth-order valence-corrected chi connectivity index (χ4v) is 1.69. The first-order chi connectivity index (χ1) is 11.0. The van der Waals surface area contributed by atoms with Gasteiger partial charge in [-0.2, -0.15) is 0 Å². The first-order valence-corrected chi connectivity index (χ1v) is 7.73. The monoisotopic (exact) mass is 317 g/mol. The van der Waals surface area contributed by atoms with Gasteiger partial charge in [-0.15, -0.1) is 0 Å². The highest BCUT2D eigenvalue weighted by molar-refractivity contribution is 5.20. The van der Waals surface area contributed by atoms with E-state index in [-0.39, 0.29) is 12.1 Å². The highest BCUT2D eigenvalue weighted by Gasteiger charge is 2.08. The molecule has 0 aliphatic rings. The number of ether oxygens (including phenoxy) is 1. The molecule has 0 radical (unpaired) electrons. The highest BCUT2D eigenvalue weighted by atomic mass is 16.5. The summed E-state index contributed by atoms with van der Waals surface area (Å²) in [7, 11) is 3.53. The second-order valence-corrected chi connectivity index (χ2v) is 5.19. The van der Waals surface area contributed by atoms with Crippen LogP contribution in [0, 0.1) is 5.92 Å². The smallest absolute Gasteiger partial charge is 0.118 e. The van der Waals surface area contributed by atoms with Crippen molar-refractivity contribution < 1.29 is 4.74 Å². The number of nitrogens with two attached hydrogens (primary N) is 2. The molecule has 0 aliphatic carbocycles. The van der Waals surface area contributed by atoms with Crippen LogP contribution in [0.2, 0.25) is 0 Å². The topological polar surface area (TPSA) is 64.5 Å². The minimum Gasteiger partial charge on any atom is -0.497 e. The zero-order valence-corrected chi connectivity index (χ0v) is 14.8. The van der Waals surface area contributed by atoms with E-state index in [1.165, 1.54) is 0 Å². The van der Waals surface area contributed by atoms with Crippen LogP contribution in [-0.2, 0) is 4.74 Å². The Labute approximate surface area is 141 Å². The molecule has 0 heterocycles. The van der Waals surface area contributed by atoms with Crippen LogP contribution >= 0.6 is 0 Å². The molecule has 0 spiro atoms. The SMILES string of the molecule is C=C/C(=C\C=C\C(C/C=C/C=C\C)/C(N)=C/N(C)C(C)N)OC. The highest BCUT2D eigenvalue weighted by Crippen LogP contribution is 2.15. The molecule has 2 atom stereocenters. The van der Waals surface area contributed by atoms with Gasteiger partial charge in [0.1, 0.15) is 5.76 Å². The molecule has 0 rings (SSSR count). The standard InChI is InChI=1S/C19H31N3O/c1-6-8-9-10-12-17(13-11-14-18(7-2)23-5)19(21)15-22(4)16(3)20/h6-11,13-17H,2,12,20-21H2,1,3-5H3/b8-6-,10-9+,13-11+,18-14+,19-15-. The summed E-state index contributed by atoms with van der Waals surface area (Å²) >= 11 is 0. The van der Waals surface area contributed by atoms with Gasteiger partial charge in [-0.3, -0.25) is 0 Å². The van der Waals surface area contributed by atoms with E-state index in [1.807, 2.05) is 68.5 Å². The number of hydrogen-bond acceptors (Lipinski definition) is 4. The van der Waals surface area contributed by atoms with Crippen molar-refractivity contribution in [3.05, 3.63) is 72.8 Å². The molecular weight excluding hydrogens is 286 g/mol. The summed E-state index contributed by atoms with van der Waals surface area (Å²) in [6.07, 6.45) is 18.2. The lowest BCUT2D eigenvalue weighted by Gasteiger charge is -2.21. The number of nitrogens with zero attached hydrogens (tertiary/aromatic N) is 1. The number of rotatable bonds is 10. The van der Waals surface area contributed by atoms with E-state index in [1.54, 1.807) is 13.2 Å². The van der Waals surface area contributed by atoms with E-state index in [9.17, 15) is 0 Å². The maximum atomic E-state index is 6.24. The fourth-order valence-electron chi connectivity index (χ4n) is 1.69. The van der Waals surface area contributed by atoms with Crippen LogP contribution in [0.1, 0.15) is 20.3 Å². The molecule has 0 aliphatic heterocycles. The van der Waals surface area contributed by atoms with Crippen LogP contribution in [0.15, 0.2) is 72.8 Å². The third-order valence-corrected chi connectivity index (χ3v) is 3.29. The van der Waals surface area contributed by atoms with Gasteiger partial charge in [-0.1, -0.05) is 43.0 Å². The van der Waals surface area contributed by atoms with Gasteiger partial charge in [0.05, 0.1) is 13.3 Å². The Hall–Kier alpha value is -2.20. The number of methoxy groups -OCH3 is 1. The van der Waals surface area contributed by atoms with Crippen LogP contribution in [-0.4, -0.2) is 25.2 Å². The Bertz CT molecular complexity index is 485. The molecule has 128 valence electrons. The Balaban J connectivity index is 5.18. The van der Waals surface area contributed by atoms with E-state index in [0.29, 0.717) is 5.76 Å². The van der Waals surface area contributed by atoms with Gasteiger partial charge in [0.15, 0.2) is 0 Å². The summed E-state index contributed by atoms with van der Waals surface area (Å²) in [6.45, 7) is 7.59. The molecular formula is C19H31N3O. The molecule has 0 bridgehead atoms. The van der Waals surface area contributed by atoms with Gasteiger partial charge in [-0.05, 0) is 32.4 Å². The minimum absolute atomic E-state index is 0.0804. The van der Waals surface area contributed by atoms with E-state index in [0.717, 1.165) is 12.1 Å². The van der Waals surface area contributed by atoms with Crippen LogP contribution < -0.4 is 11.5 Å². The van der Waals surface area contributed by atoms with Crippen molar-refractivity contribution in [2.75, 3.05) is 14.2 Å². The van der Waals surface area contributed by atoms with Gasteiger partial charge in [-0.25, -0.2) is 0 Å². The summed E-state index contributed by atoms with van der Waals surface area (Å²) in [5, 5.41) is 0. The Morgan fingerprint density at radius 3 is 2.52 bits per heavy atom. The zero-order chi connectivity index (χ0) is 17.7. The molecule has 2 unspecified atom stereocenters. The molecule has 0 fully saturated rings. The van der Waals surface area contributed by atoms with Crippen LogP contribution in [0.5, 0.6) is 0 Å². The maximum absolute atomic E-state index is 6.24. The molecule has 23 heavy (non-hydrogen) atoms. The molecule has 4 nitrogen and oxygen atoms in total.